The van der Waals surface area contributed by atoms with Crippen molar-refractivity contribution in [1.82, 2.24) is 10.2 Å². The Morgan fingerprint density at radius 1 is 1.53 bits per heavy atom. The van der Waals surface area contributed by atoms with Crippen molar-refractivity contribution >= 4 is 11.8 Å². The van der Waals surface area contributed by atoms with Gasteiger partial charge in [-0.05, 0) is 31.7 Å². The normalized spacial score (nSPS) is 30.4. The van der Waals surface area contributed by atoms with Crippen molar-refractivity contribution in [3.8, 4) is 0 Å². The topological polar surface area (TPSA) is 15.3 Å². The van der Waals surface area contributed by atoms with E-state index < -0.39 is 0 Å². The predicted octanol–water partition coefficient (Wildman–Crippen LogP) is 2.06. The fraction of sp³-hybridized carbons (Fsp3) is 1.00. The molecule has 0 aromatic carbocycles. The minimum absolute atomic E-state index is 0.737. The van der Waals surface area contributed by atoms with Crippen LogP contribution in [0.25, 0.3) is 0 Å². The largest absolute Gasteiger partial charge is 0.313 e. The maximum absolute atomic E-state index is 3.72. The third-order valence-corrected chi connectivity index (χ3v) is 4.48. The number of likely N-dealkylation sites (tertiary alicyclic amines) is 1. The lowest BCUT2D eigenvalue weighted by Gasteiger charge is -2.37. The van der Waals surface area contributed by atoms with Gasteiger partial charge in [-0.25, -0.2) is 0 Å². The van der Waals surface area contributed by atoms with Crippen LogP contribution in [-0.2, 0) is 0 Å². The van der Waals surface area contributed by atoms with Crippen LogP contribution >= 0.6 is 11.8 Å². The van der Waals surface area contributed by atoms with Crippen LogP contribution in [0.15, 0.2) is 0 Å². The zero-order valence-electron chi connectivity index (χ0n) is 10.6. The highest BCUT2D eigenvalue weighted by molar-refractivity contribution is 7.99. The molecule has 0 saturated carbocycles. The summed E-state index contributed by atoms with van der Waals surface area (Å²) in [5.74, 6) is 0.799. The lowest BCUT2D eigenvalue weighted by Crippen LogP contribution is -2.49. The summed E-state index contributed by atoms with van der Waals surface area (Å²) in [5.41, 5.74) is 0. The van der Waals surface area contributed by atoms with E-state index in [4.69, 9.17) is 0 Å². The van der Waals surface area contributed by atoms with E-state index in [1.165, 1.54) is 26.1 Å². The summed E-state index contributed by atoms with van der Waals surface area (Å²) in [7, 11) is 0. The highest BCUT2D eigenvalue weighted by atomic mass is 32.2. The molecule has 2 nitrogen and oxygen atoms in total. The van der Waals surface area contributed by atoms with Crippen LogP contribution in [0.2, 0.25) is 0 Å². The number of thioether (sulfide) groups is 1. The minimum atomic E-state index is 0.737. The van der Waals surface area contributed by atoms with E-state index in [9.17, 15) is 0 Å². The van der Waals surface area contributed by atoms with Crippen LogP contribution < -0.4 is 5.32 Å². The van der Waals surface area contributed by atoms with Gasteiger partial charge in [0.15, 0.2) is 0 Å². The molecular formula is C12H26N2S. The van der Waals surface area contributed by atoms with Crippen LogP contribution in [0.1, 0.15) is 27.2 Å². The average molecular weight is 230 g/mol. The van der Waals surface area contributed by atoms with Crippen molar-refractivity contribution in [3.63, 3.8) is 0 Å². The summed E-state index contributed by atoms with van der Waals surface area (Å²) >= 11 is 1.95. The van der Waals surface area contributed by atoms with E-state index >= 15 is 0 Å². The Bertz CT molecular complexity index is 175. The van der Waals surface area contributed by atoms with Gasteiger partial charge in [-0.3, -0.25) is 0 Å². The summed E-state index contributed by atoms with van der Waals surface area (Å²) in [6.07, 6.45) is 3.51. The van der Waals surface area contributed by atoms with E-state index in [1.807, 2.05) is 11.8 Å². The molecule has 15 heavy (non-hydrogen) atoms. The van der Waals surface area contributed by atoms with Gasteiger partial charge in [-0.2, -0.15) is 11.8 Å². The number of rotatable bonds is 5. The van der Waals surface area contributed by atoms with E-state index in [2.05, 4.69) is 37.2 Å². The second kappa shape index (κ2) is 6.77. The van der Waals surface area contributed by atoms with Gasteiger partial charge in [0.25, 0.3) is 0 Å². The zero-order valence-corrected chi connectivity index (χ0v) is 11.4. The second-order valence-electron chi connectivity index (χ2n) is 4.72. The van der Waals surface area contributed by atoms with Crippen LogP contribution in [0.5, 0.6) is 0 Å². The Morgan fingerprint density at radius 2 is 2.27 bits per heavy atom. The molecular weight excluding hydrogens is 204 g/mol. The Kier molecular flexibility index (Phi) is 6.02. The number of hydrogen-bond donors (Lipinski definition) is 1. The van der Waals surface area contributed by atoms with Crippen LogP contribution in [0, 0.1) is 5.92 Å². The van der Waals surface area contributed by atoms with E-state index in [1.54, 1.807) is 0 Å². The summed E-state index contributed by atoms with van der Waals surface area (Å²) in [6.45, 7) is 11.8. The predicted molar refractivity (Wildman–Crippen MR) is 70.7 cm³/mol. The Labute approximate surface area is 99.2 Å². The second-order valence-corrected chi connectivity index (χ2v) is 6.00. The molecule has 0 aromatic heterocycles. The van der Waals surface area contributed by atoms with Gasteiger partial charge >= 0.3 is 0 Å². The van der Waals surface area contributed by atoms with E-state index in [0.717, 1.165) is 23.8 Å². The molecule has 3 atom stereocenters. The van der Waals surface area contributed by atoms with Crippen molar-refractivity contribution in [2.45, 2.75) is 38.5 Å². The first kappa shape index (κ1) is 13.3. The van der Waals surface area contributed by atoms with Crippen molar-refractivity contribution in [2.75, 3.05) is 32.4 Å². The fourth-order valence-corrected chi connectivity index (χ4v) is 2.49. The highest BCUT2D eigenvalue weighted by Gasteiger charge is 2.24. The van der Waals surface area contributed by atoms with Gasteiger partial charge in [0.05, 0.1) is 0 Å². The number of hydrogen-bond acceptors (Lipinski definition) is 3. The minimum Gasteiger partial charge on any atom is -0.313 e. The first-order valence-corrected chi connectivity index (χ1v) is 7.44. The molecule has 1 N–H and O–H groups in total. The van der Waals surface area contributed by atoms with Gasteiger partial charge in [0.1, 0.15) is 0 Å². The molecule has 1 heterocycles. The molecule has 0 bridgehead atoms. The summed E-state index contributed by atoms with van der Waals surface area (Å²) in [5, 5.41) is 4.46. The summed E-state index contributed by atoms with van der Waals surface area (Å²) in [4.78, 5) is 2.56. The van der Waals surface area contributed by atoms with Gasteiger partial charge in [-0.1, -0.05) is 20.8 Å². The molecule has 3 heteroatoms. The molecule has 0 unspecified atom stereocenters. The Balaban J connectivity index is 2.25. The third-order valence-electron chi connectivity index (χ3n) is 3.51. The Hall–Kier alpha value is 0.270. The lowest BCUT2D eigenvalue weighted by atomic mass is 9.94. The average Bonchev–Trinajstić information content (AvgIpc) is 2.26. The van der Waals surface area contributed by atoms with Gasteiger partial charge in [0, 0.05) is 24.4 Å². The Morgan fingerprint density at radius 3 is 2.80 bits per heavy atom. The molecule has 0 aromatic rings. The molecule has 1 rings (SSSR count). The van der Waals surface area contributed by atoms with Crippen molar-refractivity contribution in [2.24, 2.45) is 5.92 Å². The number of piperidine rings is 1. The van der Waals surface area contributed by atoms with Gasteiger partial charge in [-0.15, -0.1) is 0 Å². The third kappa shape index (κ3) is 4.33. The summed E-state index contributed by atoms with van der Waals surface area (Å²) in [6, 6.07) is 0.738. The monoisotopic (exact) mass is 230 g/mol. The fourth-order valence-electron chi connectivity index (χ4n) is 2.22. The van der Waals surface area contributed by atoms with Crippen LogP contribution in [0.4, 0.5) is 0 Å². The maximum atomic E-state index is 3.72. The number of nitrogens with zero attached hydrogens (tertiary/aromatic N) is 1. The smallest absolute Gasteiger partial charge is 0.0141 e. The summed E-state index contributed by atoms with van der Waals surface area (Å²) < 4.78 is 0. The van der Waals surface area contributed by atoms with Crippen LogP contribution in [-0.4, -0.2) is 48.6 Å². The molecule has 1 aliphatic heterocycles. The highest BCUT2D eigenvalue weighted by Crippen LogP contribution is 2.17. The van der Waals surface area contributed by atoms with Crippen LogP contribution in [0.3, 0.4) is 0 Å². The molecule has 90 valence electrons. The molecule has 0 spiro atoms. The van der Waals surface area contributed by atoms with E-state index in [-0.39, 0.29) is 0 Å². The zero-order chi connectivity index (χ0) is 11.3. The quantitative estimate of drug-likeness (QED) is 0.778. The molecule has 1 aliphatic rings. The first-order chi connectivity index (χ1) is 7.17. The molecule has 0 amide bonds. The first-order valence-electron chi connectivity index (χ1n) is 6.15. The molecule has 0 aliphatic carbocycles. The van der Waals surface area contributed by atoms with E-state index in [0.29, 0.717) is 0 Å². The van der Waals surface area contributed by atoms with Crippen molar-refractivity contribution in [3.05, 3.63) is 0 Å². The number of nitrogens with one attached hydrogen (secondary N) is 1. The lowest BCUT2D eigenvalue weighted by molar-refractivity contribution is 0.154. The standard InChI is InChI=1S/C12H26N2S/c1-5-14-7-6-12(10(2)9-14)13-8-11(3)15-4/h10-13H,5-9H2,1-4H3/t10-,11-,12-/m1/s1. The van der Waals surface area contributed by atoms with Gasteiger partial charge in [0.2, 0.25) is 0 Å². The SMILES string of the molecule is CCN1CC[C@@H](NC[C@@H](C)SC)[C@H](C)C1. The molecule has 0 radical (unpaired) electrons. The van der Waals surface area contributed by atoms with Gasteiger partial charge < -0.3 is 10.2 Å². The molecule has 1 saturated heterocycles. The van der Waals surface area contributed by atoms with Crippen molar-refractivity contribution in [1.29, 1.82) is 0 Å². The van der Waals surface area contributed by atoms with Crippen molar-refractivity contribution < 1.29 is 0 Å². The molecule has 1 fully saturated rings. The maximum Gasteiger partial charge on any atom is 0.0141 e.